The number of aromatic amines is 1. The number of nitrogen functional groups attached to an aromatic ring is 1. The molecule has 12 heavy (non-hydrogen) atoms. The average Bonchev–Trinajstić information content (AvgIpc) is 2.41. The van der Waals surface area contributed by atoms with Crippen LogP contribution in [0.2, 0.25) is 5.02 Å². The van der Waals surface area contributed by atoms with Crippen LogP contribution in [0.15, 0.2) is 16.7 Å². The van der Waals surface area contributed by atoms with E-state index in [0.29, 0.717) is 10.7 Å². The first kappa shape index (κ1) is 7.89. The quantitative estimate of drug-likeness (QED) is 0.702. The fraction of sp³-hybridized carbons (Fsp3) is 0. The molecule has 0 atom stereocenters. The van der Waals surface area contributed by atoms with Gasteiger partial charge in [0.1, 0.15) is 4.60 Å². The van der Waals surface area contributed by atoms with Gasteiger partial charge in [0.2, 0.25) is 0 Å². The molecule has 1 aromatic carbocycles. The minimum Gasteiger partial charge on any atom is -0.398 e. The van der Waals surface area contributed by atoms with E-state index >= 15 is 0 Å². The first-order valence-corrected chi connectivity index (χ1v) is 4.45. The molecule has 1 heterocycles. The molecule has 0 radical (unpaired) electrons. The molecule has 0 bridgehead atoms. The largest absolute Gasteiger partial charge is 0.398 e. The maximum atomic E-state index is 5.96. The maximum absolute atomic E-state index is 5.96. The number of halogens is 2. The van der Waals surface area contributed by atoms with Crippen molar-refractivity contribution < 1.29 is 0 Å². The van der Waals surface area contributed by atoms with Crippen LogP contribution in [0.3, 0.4) is 0 Å². The van der Waals surface area contributed by atoms with Gasteiger partial charge < -0.3 is 5.73 Å². The number of nitrogens with one attached hydrogen (secondary N) is 1. The molecule has 62 valence electrons. The number of benzene rings is 1. The highest BCUT2D eigenvalue weighted by atomic mass is 79.9. The smallest absolute Gasteiger partial charge is 0.110 e. The summed E-state index contributed by atoms with van der Waals surface area (Å²) in [5, 5.41) is 8.15. The third kappa shape index (κ3) is 0.990. The van der Waals surface area contributed by atoms with E-state index in [0.717, 1.165) is 15.5 Å². The molecule has 0 spiro atoms. The summed E-state index contributed by atoms with van der Waals surface area (Å²) in [4.78, 5) is 0. The van der Waals surface area contributed by atoms with Gasteiger partial charge in [-0.15, -0.1) is 0 Å². The van der Waals surface area contributed by atoms with E-state index in [1.54, 1.807) is 6.07 Å². The lowest BCUT2D eigenvalue weighted by molar-refractivity contribution is 1.10. The molecule has 0 unspecified atom stereocenters. The fourth-order valence-corrected chi connectivity index (χ4v) is 1.91. The van der Waals surface area contributed by atoms with Crippen LogP contribution in [0, 0.1) is 0 Å². The SMILES string of the molecule is Nc1ccc2n[nH]c(Br)c2c1Cl. The third-order valence-corrected chi connectivity index (χ3v) is 2.62. The molecule has 0 saturated carbocycles. The van der Waals surface area contributed by atoms with E-state index in [2.05, 4.69) is 26.1 Å². The van der Waals surface area contributed by atoms with E-state index < -0.39 is 0 Å². The second-order valence-corrected chi connectivity index (χ2v) is 3.57. The van der Waals surface area contributed by atoms with Crippen LogP contribution in [0.4, 0.5) is 5.69 Å². The van der Waals surface area contributed by atoms with Crippen LogP contribution in [-0.4, -0.2) is 10.2 Å². The highest BCUT2D eigenvalue weighted by Crippen LogP contribution is 2.32. The Hall–Kier alpha value is -0.740. The first-order chi connectivity index (χ1) is 5.70. The van der Waals surface area contributed by atoms with Crippen molar-refractivity contribution in [3.05, 3.63) is 21.8 Å². The summed E-state index contributed by atoms with van der Waals surface area (Å²) in [7, 11) is 0. The molecule has 3 nitrogen and oxygen atoms in total. The summed E-state index contributed by atoms with van der Waals surface area (Å²) in [6.07, 6.45) is 0. The van der Waals surface area contributed by atoms with Gasteiger partial charge in [-0.2, -0.15) is 5.10 Å². The Bertz CT molecular complexity index is 437. The minimum absolute atomic E-state index is 0.535. The van der Waals surface area contributed by atoms with Crippen LogP contribution in [0.1, 0.15) is 0 Å². The van der Waals surface area contributed by atoms with E-state index in [9.17, 15) is 0 Å². The number of fused-ring (bicyclic) bond motifs is 1. The van der Waals surface area contributed by atoms with E-state index in [-0.39, 0.29) is 0 Å². The number of anilines is 1. The summed E-state index contributed by atoms with van der Waals surface area (Å²) in [6.45, 7) is 0. The lowest BCUT2D eigenvalue weighted by Gasteiger charge is -1.97. The Kier molecular flexibility index (Phi) is 1.73. The van der Waals surface area contributed by atoms with Crippen LogP contribution < -0.4 is 5.73 Å². The number of rotatable bonds is 0. The topological polar surface area (TPSA) is 54.7 Å². The van der Waals surface area contributed by atoms with Gasteiger partial charge in [0.15, 0.2) is 0 Å². The van der Waals surface area contributed by atoms with Gasteiger partial charge in [-0.1, -0.05) is 11.6 Å². The highest BCUT2D eigenvalue weighted by molar-refractivity contribution is 9.10. The van der Waals surface area contributed by atoms with Crippen molar-refractivity contribution in [3.8, 4) is 0 Å². The Balaban J connectivity index is 2.96. The Morgan fingerprint density at radius 1 is 1.50 bits per heavy atom. The molecule has 1 aromatic heterocycles. The predicted molar refractivity (Wildman–Crippen MR) is 53.2 cm³/mol. The number of aromatic nitrogens is 2. The van der Waals surface area contributed by atoms with Crippen molar-refractivity contribution in [2.75, 3.05) is 5.73 Å². The van der Waals surface area contributed by atoms with Gasteiger partial charge in [0.25, 0.3) is 0 Å². The molecule has 0 aliphatic carbocycles. The Labute approximate surface area is 82.0 Å². The number of hydrogen-bond acceptors (Lipinski definition) is 2. The zero-order valence-corrected chi connectivity index (χ0v) is 8.28. The molecule has 0 amide bonds. The predicted octanol–water partition coefficient (Wildman–Crippen LogP) is 2.56. The fourth-order valence-electron chi connectivity index (χ4n) is 1.05. The number of nitrogens with zero attached hydrogens (tertiary/aromatic N) is 1. The van der Waals surface area contributed by atoms with Gasteiger partial charge >= 0.3 is 0 Å². The normalized spacial score (nSPS) is 10.8. The van der Waals surface area contributed by atoms with Crippen molar-refractivity contribution in [3.63, 3.8) is 0 Å². The zero-order chi connectivity index (χ0) is 8.72. The monoisotopic (exact) mass is 245 g/mol. The van der Waals surface area contributed by atoms with E-state index in [1.807, 2.05) is 6.07 Å². The molecule has 0 saturated heterocycles. The van der Waals surface area contributed by atoms with Crippen molar-refractivity contribution in [2.24, 2.45) is 0 Å². The minimum atomic E-state index is 0.535. The molecule has 3 N–H and O–H groups in total. The number of H-pyrrole nitrogens is 1. The molecule has 0 fully saturated rings. The van der Waals surface area contributed by atoms with Crippen molar-refractivity contribution in [1.82, 2.24) is 10.2 Å². The lowest BCUT2D eigenvalue weighted by atomic mass is 10.2. The summed E-state index contributed by atoms with van der Waals surface area (Å²) >= 11 is 9.25. The molecular weight excluding hydrogens is 241 g/mol. The number of hydrogen-bond donors (Lipinski definition) is 2. The van der Waals surface area contributed by atoms with E-state index in [4.69, 9.17) is 17.3 Å². The average molecular weight is 246 g/mol. The van der Waals surface area contributed by atoms with E-state index in [1.165, 1.54) is 0 Å². The van der Waals surface area contributed by atoms with Gasteiger partial charge in [-0.05, 0) is 28.1 Å². The van der Waals surface area contributed by atoms with Crippen molar-refractivity contribution >= 4 is 44.1 Å². The van der Waals surface area contributed by atoms with Crippen LogP contribution in [0.5, 0.6) is 0 Å². The summed E-state index contributed by atoms with van der Waals surface area (Å²) in [5.41, 5.74) is 6.99. The number of nitrogens with two attached hydrogens (primary N) is 1. The molecule has 0 aliphatic rings. The van der Waals surface area contributed by atoms with Crippen LogP contribution in [-0.2, 0) is 0 Å². The van der Waals surface area contributed by atoms with Crippen molar-refractivity contribution in [1.29, 1.82) is 0 Å². The molecule has 2 aromatic rings. The van der Waals surface area contributed by atoms with Crippen molar-refractivity contribution in [2.45, 2.75) is 0 Å². The third-order valence-electron chi connectivity index (χ3n) is 1.64. The second kappa shape index (κ2) is 2.64. The van der Waals surface area contributed by atoms with Gasteiger partial charge in [0.05, 0.1) is 21.6 Å². The molecule has 0 aliphatic heterocycles. The maximum Gasteiger partial charge on any atom is 0.110 e. The molecule has 2 rings (SSSR count). The van der Waals surface area contributed by atoms with Gasteiger partial charge in [-0.25, -0.2) is 0 Å². The summed E-state index contributed by atoms with van der Waals surface area (Å²) < 4.78 is 0.759. The second-order valence-electron chi connectivity index (χ2n) is 2.40. The Morgan fingerprint density at radius 3 is 3.00 bits per heavy atom. The molecular formula is C7H5BrClN3. The van der Waals surface area contributed by atoms with Crippen LogP contribution in [0.25, 0.3) is 10.9 Å². The first-order valence-electron chi connectivity index (χ1n) is 3.27. The highest BCUT2D eigenvalue weighted by Gasteiger charge is 2.08. The summed E-state index contributed by atoms with van der Waals surface area (Å²) in [6, 6.07) is 3.55. The lowest BCUT2D eigenvalue weighted by Crippen LogP contribution is -1.85. The standard InChI is InChI=1S/C7H5BrClN3/c8-7-5-4(11-12-7)2-1-3(10)6(5)9/h1-2H,10H2,(H,11,12). The van der Waals surface area contributed by atoms with Crippen LogP contribution >= 0.6 is 27.5 Å². The van der Waals surface area contributed by atoms with Gasteiger partial charge in [-0.3, -0.25) is 5.10 Å². The zero-order valence-electron chi connectivity index (χ0n) is 5.94. The Morgan fingerprint density at radius 2 is 2.25 bits per heavy atom. The van der Waals surface area contributed by atoms with Gasteiger partial charge in [0, 0.05) is 0 Å². The summed E-state index contributed by atoms with van der Waals surface area (Å²) in [5.74, 6) is 0. The molecule has 5 heteroatoms.